The third-order valence-electron chi connectivity index (χ3n) is 2.92. The Morgan fingerprint density at radius 2 is 1.00 bits per heavy atom. The fourth-order valence-corrected chi connectivity index (χ4v) is 1.12. The van der Waals surface area contributed by atoms with Crippen LogP contribution >= 0.6 is 12.6 Å². The fourth-order valence-electron chi connectivity index (χ4n) is 1.12. The summed E-state index contributed by atoms with van der Waals surface area (Å²) in [7, 11) is 2.22. The number of hydrogen-bond acceptors (Lipinski definition) is 1. The van der Waals surface area contributed by atoms with Gasteiger partial charge in [-0.05, 0) is 15.5 Å². The Hall–Kier alpha value is 0.415. The van der Waals surface area contributed by atoms with Crippen molar-refractivity contribution >= 4 is 20.5 Å². The van der Waals surface area contributed by atoms with Crippen molar-refractivity contribution in [2.24, 2.45) is 10.8 Å². The molecule has 0 N–H and O–H groups in total. The van der Waals surface area contributed by atoms with Crippen LogP contribution in [-0.2, 0) is 0 Å². The number of hydrogen-bond donors (Lipinski definition) is 1. The van der Waals surface area contributed by atoms with Gasteiger partial charge in [0.05, 0.1) is 0 Å². The molecule has 0 aromatic carbocycles. The van der Waals surface area contributed by atoms with Gasteiger partial charge in [-0.2, -0.15) is 12.6 Å². The van der Waals surface area contributed by atoms with Crippen LogP contribution < -0.4 is 0 Å². The van der Waals surface area contributed by atoms with E-state index >= 15 is 0 Å². The first kappa shape index (κ1) is 11.4. The summed E-state index contributed by atoms with van der Waals surface area (Å²) in [6, 6.07) is 0. The molecule has 0 aliphatic rings. The van der Waals surface area contributed by atoms with Crippen LogP contribution in [0.3, 0.4) is 0 Å². The van der Waals surface area contributed by atoms with E-state index < -0.39 is 0 Å². The largest absolute Gasteiger partial charge is 0.181 e. The molecule has 0 saturated carbocycles. The van der Waals surface area contributed by atoms with Gasteiger partial charge in [0.1, 0.15) is 7.85 Å². The van der Waals surface area contributed by atoms with E-state index in [2.05, 4.69) is 49.4 Å². The van der Waals surface area contributed by atoms with Crippen LogP contribution in [-0.4, -0.2) is 12.5 Å². The first-order valence-corrected chi connectivity index (χ1v) is 4.67. The summed E-state index contributed by atoms with van der Waals surface area (Å²) in [6.07, 6.45) is 0. The Morgan fingerprint density at radius 3 is 1.00 bits per heavy atom. The highest BCUT2D eigenvalue weighted by Crippen LogP contribution is 2.45. The predicted octanol–water partition coefficient (Wildman–Crippen LogP) is 2.34. The Bertz CT molecular complexity index is 121. The van der Waals surface area contributed by atoms with Crippen LogP contribution in [0.15, 0.2) is 0 Å². The second-order valence-electron chi connectivity index (χ2n) is 5.57. The molecule has 0 bridgehead atoms. The molecule has 0 amide bonds. The van der Waals surface area contributed by atoms with E-state index in [9.17, 15) is 0 Å². The van der Waals surface area contributed by atoms with Crippen molar-refractivity contribution in [3.05, 3.63) is 0 Å². The Kier molecular flexibility index (Phi) is 2.83. The lowest BCUT2D eigenvalue weighted by Gasteiger charge is -2.48. The lowest BCUT2D eigenvalue weighted by atomic mass is 9.56. The highest BCUT2D eigenvalue weighted by molar-refractivity contribution is 7.83. The Balaban J connectivity index is 4.75. The number of rotatable bonds is 0. The first-order chi connectivity index (χ1) is 4.50. The van der Waals surface area contributed by atoms with Gasteiger partial charge in [-0.3, -0.25) is 0 Å². The molecule has 66 valence electrons. The minimum atomic E-state index is 0.0694. The van der Waals surface area contributed by atoms with Crippen molar-refractivity contribution in [1.82, 2.24) is 0 Å². The highest BCUT2D eigenvalue weighted by atomic mass is 32.1. The van der Waals surface area contributed by atoms with Gasteiger partial charge < -0.3 is 0 Å². The van der Waals surface area contributed by atoms with E-state index in [4.69, 9.17) is 12.6 Å². The average molecular weight is 172 g/mol. The summed E-state index contributed by atoms with van der Waals surface area (Å²) in [4.78, 5) is 0. The van der Waals surface area contributed by atoms with Gasteiger partial charge in [0.15, 0.2) is 0 Å². The van der Waals surface area contributed by atoms with E-state index in [1.807, 2.05) is 0 Å². The normalized spacial score (nSPS) is 15.2. The molecule has 0 rings (SSSR count). The van der Waals surface area contributed by atoms with E-state index in [1.54, 1.807) is 0 Å². The molecular weight excluding hydrogens is 151 g/mol. The van der Waals surface area contributed by atoms with Crippen LogP contribution in [0, 0.1) is 10.8 Å². The zero-order valence-electron chi connectivity index (χ0n) is 8.95. The maximum Gasteiger partial charge on any atom is 0.123 e. The third kappa shape index (κ3) is 2.17. The van der Waals surface area contributed by atoms with E-state index in [-0.39, 0.29) is 15.5 Å². The molecule has 0 aromatic rings. The summed E-state index contributed by atoms with van der Waals surface area (Å²) >= 11 is 4.75. The molecule has 0 radical (unpaired) electrons. The molecule has 0 aromatic heterocycles. The smallest absolute Gasteiger partial charge is 0.123 e. The molecule has 0 atom stereocenters. The van der Waals surface area contributed by atoms with Crippen LogP contribution in [0.25, 0.3) is 0 Å². The zero-order chi connectivity index (χ0) is 9.50. The highest BCUT2D eigenvalue weighted by Gasteiger charge is 2.43. The lowest BCUT2D eigenvalue weighted by Crippen LogP contribution is -2.48. The van der Waals surface area contributed by atoms with E-state index in [1.165, 1.54) is 0 Å². The summed E-state index contributed by atoms with van der Waals surface area (Å²) in [6.45, 7) is 13.4. The molecule has 2 heteroatoms. The summed E-state index contributed by atoms with van der Waals surface area (Å²) < 4.78 is 0.0694. The molecule has 11 heavy (non-hydrogen) atoms. The zero-order valence-corrected chi connectivity index (χ0v) is 9.84. The van der Waals surface area contributed by atoms with E-state index in [0.29, 0.717) is 0 Å². The maximum atomic E-state index is 4.75. The predicted molar refractivity (Wildman–Crippen MR) is 59.2 cm³/mol. The molecule has 0 fully saturated rings. The minimum absolute atomic E-state index is 0.0694. The van der Waals surface area contributed by atoms with Crippen molar-refractivity contribution in [2.45, 2.75) is 46.2 Å². The summed E-state index contributed by atoms with van der Waals surface area (Å²) in [5.74, 6) is 0. The van der Waals surface area contributed by atoms with Gasteiger partial charge in [-0.15, -0.1) is 0 Å². The van der Waals surface area contributed by atoms with Gasteiger partial charge in [0.25, 0.3) is 0 Å². The number of thiol groups is 1. The van der Waals surface area contributed by atoms with E-state index in [0.717, 1.165) is 0 Å². The molecule has 0 saturated heterocycles. The van der Waals surface area contributed by atoms with Gasteiger partial charge in [0.2, 0.25) is 0 Å². The Morgan fingerprint density at radius 1 is 0.818 bits per heavy atom. The van der Waals surface area contributed by atoms with Gasteiger partial charge in [-0.25, -0.2) is 0 Å². The molecular formula is C9H21BS. The maximum absolute atomic E-state index is 4.75. The van der Waals surface area contributed by atoms with Gasteiger partial charge in [-0.1, -0.05) is 41.5 Å². The van der Waals surface area contributed by atoms with Gasteiger partial charge in [0, 0.05) is 0 Å². The Labute approximate surface area is 78.0 Å². The van der Waals surface area contributed by atoms with Crippen LogP contribution in [0.4, 0.5) is 0 Å². The second-order valence-corrected chi connectivity index (χ2v) is 6.47. The SMILES string of the molecule is BC(S)(C(C)(C)C)C(C)(C)C. The van der Waals surface area contributed by atoms with Crippen molar-refractivity contribution in [3.63, 3.8) is 0 Å². The van der Waals surface area contributed by atoms with Crippen LogP contribution in [0.1, 0.15) is 41.5 Å². The second kappa shape index (κ2) is 2.72. The van der Waals surface area contributed by atoms with Crippen LogP contribution in [0.5, 0.6) is 0 Å². The molecule has 0 unspecified atom stereocenters. The van der Waals surface area contributed by atoms with Crippen molar-refractivity contribution in [3.8, 4) is 0 Å². The molecule has 0 nitrogen and oxygen atoms in total. The monoisotopic (exact) mass is 172 g/mol. The lowest BCUT2D eigenvalue weighted by molar-refractivity contribution is 0.216. The standard InChI is InChI=1S/C9H21BS/c1-7(2,3)9(10,11)8(4,5)6/h11H,10H2,1-6H3. The molecule has 0 aliphatic carbocycles. The summed E-state index contributed by atoms with van der Waals surface area (Å²) in [5.41, 5.74) is 0.489. The third-order valence-corrected chi connectivity index (χ3v) is 4.26. The summed E-state index contributed by atoms with van der Waals surface area (Å²) in [5, 5.41) is 0. The quantitative estimate of drug-likeness (QED) is 0.420. The average Bonchev–Trinajstić information content (AvgIpc) is 1.58. The van der Waals surface area contributed by atoms with Crippen LogP contribution in [0.2, 0.25) is 0 Å². The van der Waals surface area contributed by atoms with Crippen molar-refractivity contribution in [1.29, 1.82) is 0 Å². The topological polar surface area (TPSA) is 0 Å². The first-order valence-electron chi connectivity index (χ1n) is 4.22. The minimum Gasteiger partial charge on any atom is -0.181 e. The molecule has 0 aliphatic heterocycles. The molecule has 0 heterocycles. The van der Waals surface area contributed by atoms with Gasteiger partial charge >= 0.3 is 0 Å². The fraction of sp³-hybridized carbons (Fsp3) is 1.00. The van der Waals surface area contributed by atoms with Crippen molar-refractivity contribution in [2.75, 3.05) is 0 Å². The molecule has 0 spiro atoms. The van der Waals surface area contributed by atoms with Crippen molar-refractivity contribution < 1.29 is 0 Å².